The molecule has 0 aliphatic carbocycles. The number of carbonyl (C=O) groups excluding carboxylic acids is 1. The third kappa shape index (κ3) is 4.01. The van der Waals surface area contributed by atoms with E-state index in [2.05, 4.69) is 15.9 Å². The first-order valence-corrected chi connectivity index (χ1v) is 5.49. The molecule has 0 spiro atoms. The smallest absolute Gasteiger partial charge is 0.188 e. The summed E-state index contributed by atoms with van der Waals surface area (Å²) in [6.07, 6.45) is 0.0541. The van der Waals surface area contributed by atoms with Crippen LogP contribution in [-0.4, -0.2) is 18.5 Å². The summed E-state index contributed by atoms with van der Waals surface area (Å²) >= 11 is 3.29. The molecule has 82 valence electrons. The lowest BCUT2D eigenvalue weighted by molar-refractivity contribution is 0.0585. The van der Waals surface area contributed by atoms with Gasteiger partial charge in [-0.2, -0.15) is 0 Å². The van der Waals surface area contributed by atoms with Crippen LogP contribution in [0.4, 0.5) is 5.69 Å². The van der Waals surface area contributed by atoms with Crippen molar-refractivity contribution in [2.24, 2.45) is 0 Å². The first-order chi connectivity index (χ1) is 6.99. The standard InChI is InChI=1S/C11H14BrNO2/c1-7(2)15-6-11(14)8-3-9(12)5-10(13)4-8/h3-5,7H,6,13H2,1-2H3. The highest BCUT2D eigenvalue weighted by Gasteiger charge is 2.08. The Hall–Kier alpha value is -0.870. The summed E-state index contributed by atoms with van der Waals surface area (Å²) in [4.78, 5) is 11.7. The van der Waals surface area contributed by atoms with Gasteiger partial charge in [0.25, 0.3) is 0 Å². The molecule has 0 atom stereocenters. The summed E-state index contributed by atoms with van der Waals surface area (Å²) in [6.45, 7) is 3.87. The van der Waals surface area contributed by atoms with E-state index in [-0.39, 0.29) is 18.5 Å². The number of ether oxygens (including phenoxy) is 1. The van der Waals surface area contributed by atoms with E-state index in [1.54, 1.807) is 18.2 Å². The quantitative estimate of drug-likeness (QED) is 0.677. The highest BCUT2D eigenvalue weighted by molar-refractivity contribution is 9.10. The van der Waals surface area contributed by atoms with Crippen molar-refractivity contribution in [2.45, 2.75) is 20.0 Å². The number of ketones is 1. The molecular weight excluding hydrogens is 258 g/mol. The average molecular weight is 272 g/mol. The van der Waals surface area contributed by atoms with Gasteiger partial charge in [0.2, 0.25) is 0 Å². The highest BCUT2D eigenvalue weighted by Crippen LogP contribution is 2.17. The SMILES string of the molecule is CC(C)OCC(=O)c1cc(N)cc(Br)c1. The monoisotopic (exact) mass is 271 g/mol. The number of benzene rings is 1. The van der Waals surface area contributed by atoms with Crippen LogP contribution >= 0.6 is 15.9 Å². The van der Waals surface area contributed by atoms with Crippen molar-refractivity contribution < 1.29 is 9.53 Å². The van der Waals surface area contributed by atoms with Crippen LogP contribution in [0.25, 0.3) is 0 Å². The molecule has 15 heavy (non-hydrogen) atoms. The molecule has 0 fully saturated rings. The van der Waals surface area contributed by atoms with Gasteiger partial charge in [-0.15, -0.1) is 0 Å². The second-order valence-electron chi connectivity index (χ2n) is 3.56. The zero-order valence-electron chi connectivity index (χ0n) is 8.79. The molecule has 3 nitrogen and oxygen atoms in total. The van der Waals surface area contributed by atoms with Gasteiger partial charge >= 0.3 is 0 Å². The zero-order valence-corrected chi connectivity index (χ0v) is 10.4. The molecule has 0 aliphatic heterocycles. The summed E-state index contributed by atoms with van der Waals surface area (Å²) in [5.41, 5.74) is 6.77. The van der Waals surface area contributed by atoms with Gasteiger partial charge in [0.05, 0.1) is 6.10 Å². The summed E-state index contributed by atoms with van der Waals surface area (Å²) in [7, 11) is 0. The van der Waals surface area contributed by atoms with Crippen LogP contribution in [0.5, 0.6) is 0 Å². The Kier molecular flexibility index (Phi) is 4.29. The van der Waals surface area contributed by atoms with Crippen LogP contribution in [0.3, 0.4) is 0 Å². The van der Waals surface area contributed by atoms with Gasteiger partial charge in [-0.1, -0.05) is 15.9 Å². The van der Waals surface area contributed by atoms with Crippen molar-refractivity contribution in [1.29, 1.82) is 0 Å². The van der Waals surface area contributed by atoms with Gasteiger partial charge in [-0.3, -0.25) is 4.79 Å². The summed E-state index contributed by atoms with van der Waals surface area (Å²) < 4.78 is 6.03. The fourth-order valence-corrected chi connectivity index (χ4v) is 1.61. The van der Waals surface area contributed by atoms with E-state index in [4.69, 9.17) is 10.5 Å². The molecule has 0 saturated heterocycles. The van der Waals surface area contributed by atoms with E-state index in [0.29, 0.717) is 11.3 Å². The number of nitrogens with two attached hydrogens (primary N) is 1. The third-order valence-corrected chi connectivity index (χ3v) is 2.25. The van der Waals surface area contributed by atoms with Crippen LogP contribution < -0.4 is 5.73 Å². The van der Waals surface area contributed by atoms with Gasteiger partial charge in [0.15, 0.2) is 5.78 Å². The Morgan fingerprint density at radius 1 is 1.47 bits per heavy atom. The molecule has 0 amide bonds. The van der Waals surface area contributed by atoms with E-state index in [1.165, 1.54) is 0 Å². The second-order valence-corrected chi connectivity index (χ2v) is 4.47. The largest absolute Gasteiger partial charge is 0.399 e. The average Bonchev–Trinajstić information content (AvgIpc) is 2.12. The Morgan fingerprint density at radius 3 is 2.67 bits per heavy atom. The van der Waals surface area contributed by atoms with E-state index in [9.17, 15) is 4.79 Å². The van der Waals surface area contributed by atoms with E-state index < -0.39 is 0 Å². The maximum atomic E-state index is 11.7. The van der Waals surface area contributed by atoms with Gasteiger partial charge < -0.3 is 10.5 Å². The molecule has 0 heterocycles. The lowest BCUT2D eigenvalue weighted by Crippen LogP contribution is -2.13. The van der Waals surface area contributed by atoms with E-state index in [1.807, 2.05) is 13.8 Å². The summed E-state index contributed by atoms with van der Waals surface area (Å²) in [5.74, 6) is -0.0586. The Morgan fingerprint density at radius 2 is 2.13 bits per heavy atom. The number of Topliss-reactive ketones (excluding diaryl/α,β-unsaturated/α-hetero) is 1. The van der Waals surface area contributed by atoms with Crippen molar-refractivity contribution in [3.63, 3.8) is 0 Å². The molecule has 0 unspecified atom stereocenters. The predicted octanol–water partition coefficient (Wildman–Crippen LogP) is 2.64. The molecule has 0 bridgehead atoms. The number of hydrogen-bond acceptors (Lipinski definition) is 3. The van der Waals surface area contributed by atoms with Crippen molar-refractivity contribution in [3.8, 4) is 0 Å². The first kappa shape index (κ1) is 12.2. The van der Waals surface area contributed by atoms with E-state index >= 15 is 0 Å². The van der Waals surface area contributed by atoms with Gasteiger partial charge in [0.1, 0.15) is 6.61 Å². The normalized spacial score (nSPS) is 10.7. The fourth-order valence-electron chi connectivity index (χ4n) is 1.10. The number of halogens is 1. The minimum atomic E-state index is -0.0586. The minimum Gasteiger partial charge on any atom is -0.399 e. The molecule has 0 aliphatic rings. The van der Waals surface area contributed by atoms with Gasteiger partial charge in [0, 0.05) is 15.7 Å². The number of carbonyl (C=O) groups is 1. The van der Waals surface area contributed by atoms with Crippen LogP contribution in [-0.2, 0) is 4.74 Å². The summed E-state index contributed by atoms with van der Waals surface area (Å²) in [5, 5.41) is 0. The zero-order chi connectivity index (χ0) is 11.4. The Balaban J connectivity index is 2.73. The van der Waals surface area contributed by atoms with Gasteiger partial charge in [-0.25, -0.2) is 0 Å². The molecule has 1 aromatic rings. The maximum Gasteiger partial charge on any atom is 0.188 e. The molecule has 0 radical (unpaired) electrons. The third-order valence-electron chi connectivity index (χ3n) is 1.79. The fraction of sp³-hybridized carbons (Fsp3) is 0.364. The molecule has 2 N–H and O–H groups in total. The lowest BCUT2D eigenvalue weighted by atomic mass is 10.1. The minimum absolute atomic E-state index is 0.0541. The first-order valence-electron chi connectivity index (χ1n) is 4.70. The maximum absolute atomic E-state index is 11.7. The summed E-state index contributed by atoms with van der Waals surface area (Å²) in [6, 6.07) is 5.14. The van der Waals surface area contributed by atoms with E-state index in [0.717, 1.165) is 4.47 Å². The lowest BCUT2D eigenvalue weighted by Gasteiger charge is -2.07. The number of nitrogen functional groups attached to an aromatic ring is 1. The second kappa shape index (κ2) is 5.28. The van der Waals surface area contributed by atoms with Crippen molar-refractivity contribution in [2.75, 3.05) is 12.3 Å². The van der Waals surface area contributed by atoms with Crippen molar-refractivity contribution in [3.05, 3.63) is 28.2 Å². The number of rotatable bonds is 4. The van der Waals surface area contributed by atoms with Crippen LogP contribution in [0.1, 0.15) is 24.2 Å². The number of anilines is 1. The van der Waals surface area contributed by atoms with Crippen LogP contribution in [0.2, 0.25) is 0 Å². The van der Waals surface area contributed by atoms with Crippen molar-refractivity contribution in [1.82, 2.24) is 0 Å². The van der Waals surface area contributed by atoms with Crippen LogP contribution in [0, 0.1) is 0 Å². The molecular formula is C11H14BrNO2. The van der Waals surface area contributed by atoms with Crippen LogP contribution in [0.15, 0.2) is 22.7 Å². The molecule has 4 heteroatoms. The molecule has 1 aromatic carbocycles. The highest BCUT2D eigenvalue weighted by atomic mass is 79.9. The topological polar surface area (TPSA) is 52.3 Å². The Labute approximate surface area is 97.7 Å². The van der Waals surface area contributed by atoms with Crippen molar-refractivity contribution >= 4 is 27.4 Å². The van der Waals surface area contributed by atoms with Gasteiger partial charge in [-0.05, 0) is 32.0 Å². The Bertz CT molecular complexity index is 343. The molecule has 1 rings (SSSR count). The molecule has 0 aromatic heterocycles. The number of hydrogen-bond donors (Lipinski definition) is 1. The molecule has 0 saturated carbocycles. The predicted molar refractivity (Wildman–Crippen MR) is 64.0 cm³/mol.